The lowest BCUT2D eigenvalue weighted by Gasteiger charge is -2.02. The molecular formula is C11H15N3O2. The number of methoxy groups -OCH3 is 1. The molecule has 1 aromatic heterocycles. The highest BCUT2D eigenvalue weighted by Crippen LogP contribution is 2.02. The van der Waals surface area contributed by atoms with Crippen LogP contribution in [0.3, 0.4) is 0 Å². The Morgan fingerprint density at radius 3 is 2.69 bits per heavy atom. The Hall–Kier alpha value is -1.91. The highest BCUT2D eigenvalue weighted by atomic mass is 16.5. The van der Waals surface area contributed by atoms with Gasteiger partial charge in [0.1, 0.15) is 5.82 Å². The number of esters is 1. The van der Waals surface area contributed by atoms with Crippen LogP contribution in [-0.2, 0) is 4.74 Å². The third kappa shape index (κ3) is 3.68. The number of carbonyl (C=O) groups excluding carboxylic acids is 1. The predicted octanol–water partition coefficient (Wildman–Crippen LogP) is 1.64. The van der Waals surface area contributed by atoms with E-state index in [2.05, 4.69) is 20.3 Å². The lowest BCUT2D eigenvalue weighted by atomic mass is 10.3. The molecule has 0 atom stereocenters. The molecule has 16 heavy (non-hydrogen) atoms. The molecule has 1 heterocycles. The second kappa shape index (κ2) is 5.85. The summed E-state index contributed by atoms with van der Waals surface area (Å²) in [4.78, 5) is 11.1. The fourth-order valence-electron chi connectivity index (χ4n) is 1.000. The van der Waals surface area contributed by atoms with Crippen LogP contribution in [0.15, 0.2) is 23.8 Å². The van der Waals surface area contributed by atoms with E-state index in [-0.39, 0.29) is 5.69 Å². The fourth-order valence-corrected chi connectivity index (χ4v) is 1.000. The zero-order valence-electron chi connectivity index (χ0n) is 9.65. The molecule has 5 nitrogen and oxygen atoms in total. The van der Waals surface area contributed by atoms with E-state index in [1.54, 1.807) is 12.1 Å². The molecule has 0 unspecified atom stereocenters. The Kier molecular flexibility index (Phi) is 4.44. The summed E-state index contributed by atoms with van der Waals surface area (Å²) in [6, 6.07) is 3.27. The predicted molar refractivity (Wildman–Crippen MR) is 61.3 cm³/mol. The first-order valence-corrected chi connectivity index (χ1v) is 4.92. The van der Waals surface area contributed by atoms with Crippen molar-refractivity contribution in [2.75, 3.05) is 19.0 Å². The molecule has 0 fully saturated rings. The molecular weight excluding hydrogens is 206 g/mol. The highest BCUT2D eigenvalue weighted by molar-refractivity contribution is 5.86. The smallest absolute Gasteiger partial charge is 0.358 e. The van der Waals surface area contributed by atoms with Crippen molar-refractivity contribution >= 4 is 11.8 Å². The Labute approximate surface area is 94.5 Å². The molecule has 0 aliphatic rings. The lowest BCUT2D eigenvalue weighted by Crippen LogP contribution is -2.08. The maximum atomic E-state index is 11.1. The van der Waals surface area contributed by atoms with Crippen LogP contribution in [0.25, 0.3) is 0 Å². The number of ether oxygens (including phenoxy) is 1. The van der Waals surface area contributed by atoms with Crippen LogP contribution in [0.1, 0.15) is 24.3 Å². The summed E-state index contributed by atoms with van der Waals surface area (Å²) in [6.07, 6.45) is 2.04. The van der Waals surface area contributed by atoms with Crippen LogP contribution in [0, 0.1) is 0 Å². The van der Waals surface area contributed by atoms with E-state index < -0.39 is 5.97 Å². The molecule has 0 aliphatic carbocycles. The second-order valence-corrected chi connectivity index (χ2v) is 3.46. The van der Waals surface area contributed by atoms with Gasteiger partial charge in [-0.25, -0.2) is 4.79 Å². The standard InChI is InChI=1S/C11H15N3O2/c1-8(2)6-7-12-10-5-4-9(13-14-10)11(15)16-3/h4-6H,7H2,1-3H3,(H,12,14). The van der Waals surface area contributed by atoms with Crippen LogP contribution < -0.4 is 5.32 Å². The summed E-state index contributed by atoms with van der Waals surface area (Å²) < 4.78 is 4.52. The molecule has 0 saturated heterocycles. The normalized spacial score (nSPS) is 9.44. The van der Waals surface area contributed by atoms with Crippen molar-refractivity contribution in [3.63, 3.8) is 0 Å². The third-order valence-electron chi connectivity index (χ3n) is 1.85. The molecule has 0 aliphatic heterocycles. The summed E-state index contributed by atoms with van der Waals surface area (Å²) in [6.45, 7) is 4.73. The van der Waals surface area contributed by atoms with Crippen molar-refractivity contribution in [1.29, 1.82) is 0 Å². The molecule has 0 spiro atoms. The van der Waals surface area contributed by atoms with E-state index >= 15 is 0 Å². The zero-order chi connectivity index (χ0) is 12.0. The topological polar surface area (TPSA) is 64.1 Å². The molecule has 0 aromatic carbocycles. The minimum atomic E-state index is -0.483. The Balaban J connectivity index is 2.58. The van der Waals surface area contributed by atoms with Gasteiger partial charge in [-0.3, -0.25) is 0 Å². The molecule has 5 heteroatoms. The van der Waals surface area contributed by atoms with Crippen molar-refractivity contribution in [1.82, 2.24) is 10.2 Å². The van der Waals surface area contributed by atoms with Crippen LogP contribution in [0.4, 0.5) is 5.82 Å². The number of nitrogens with one attached hydrogen (secondary N) is 1. The Bertz CT molecular complexity index is 381. The molecule has 1 N–H and O–H groups in total. The summed E-state index contributed by atoms with van der Waals surface area (Å²) >= 11 is 0. The average Bonchev–Trinajstić information content (AvgIpc) is 2.28. The summed E-state index contributed by atoms with van der Waals surface area (Å²) in [5.74, 6) is 0.147. The number of allylic oxidation sites excluding steroid dienone is 1. The van der Waals surface area contributed by atoms with E-state index in [1.165, 1.54) is 12.7 Å². The van der Waals surface area contributed by atoms with Gasteiger partial charge in [0.05, 0.1) is 7.11 Å². The molecule has 0 radical (unpaired) electrons. The largest absolute Gasteiger partial charge is 0.464 e. The Morgan fingerprint density at radius 1 is 1.44 bits per heavy atom. The van der Waals surface area contributed by atoms with Gasteiger partial charge in [0, 0.05) is 6.54 Å². The van der Waals surface area contributed by atoms with Gasteiger partial charge < -0.3 is 10.1 Å². The first kappa shape index (κ1) is 12.2. The van der Waals surface area contributed by atoms with E-state index in [4.69, 9.17) is 0 Å². The summed E-state index contributed by atoms with van der Waals surface area (Å²) in [7, 11) is 1.31. The average molecular weight is 221 g/mol. The molecule has 86 valence electrons. The second-order valence-electron chi connectivity index (χ2n) is 3.46. The monoisotopic (exact) mass is 221 g/mol. The fraction of sp³-hybridized carbons (Fsp3) is 0.364. The number of aromatic nitrogens is 2. The van der Waals surface area contributed by atoms with Crippen LogP contribution >= 0.6 is 0 Å². The minimum absolute atomic E-state index is 0.204. The lowest BCUT2D eigenvalue weighted by molar-refractivity contribution is 0.0593. The van der Waals surface area contributed by atoms with Crippen LogP contribution in [0.5, 0.6) is 0 Å². The van der Waals surface area contributed by atoms with Gasteiger partial charge >= 0.3 is 5.97 Å². The molecule has 0 bridgehead atoms. The van der Waals surface area contributed by atoms with Crippen molar-refractivity contribution in [2.45, 2.75) is 13.8 Å². The summed E-state index contributed by atoms with van der Waals surface area (Å²) in [5, 5.41) is 10.7. The van der Waals surface area contributed by atoms with Gasteiger partial charge in [0.15, 0.2) is 5.69 Å². The van der Waals surface area contributed by atoms with Gasteiger partial charge in [-0.2, -0.15) is 0 Å². The van der Waals surface area contributed by atoms with Gasteiger partial charge in [-0.1, -0.05) is 11.6 Å². The first-order chi connectivity index (χ1) is 7.63. The van der Waals surface area contributed by atoms with Crippen molar-refractivity contribution in [2.24, 2.45) is 0 Å². The molecule has 1 aromatic rings. The number of nitrogens with zero attached hydrogens (tertiary/aromatic N) is 2. The van der Waals surface area contributed by atoms with Gasteiger partial charge in [-0.05, 0) is 26.0 Å². The first-order valence-electron chi connectivity index (χ1n) is 4.92. The number of carbonyl (C=O) groups is 1. The van der Waals surface area contributed by atoms with E-state index in [1.807, 2.05) is 19.9 Å². The highest BCUT2D eigenvalue weighted by Gasteiger charge is 2.06. The maximum absolute atomic E-state index is 11.1. The van der Waals surface area contributed by atoms with Gasteiger partial charge in [0.2, 0.25) is 0 Å². The van der Waals surface area contributed by atoms with Gasteiger partial charge in [-0.15, -0.1) is 10.2 Å². The molecule has 0 amide bonds. The quantitative estimate of drug-likeness (QED) is 0.618. The maximum Gasteiger partial charge on any atom is 0.358 e. The van der Waals surface area contributed by atoms with Crippen LogP contribution in [-0.4, -0.2) is 29.8 Å². The molecule has 0 saturated carbocycles. The van der Waals surface area contributed by atoms with Crippen molar-refractivity contribution in [3.8, 4) is 0 Å². The SMILES string of the molecule is COC(=O)c1ccc(NCC=C(C)C)nn1. The van der Waals surface area contributed by atoms with E-state index in [0.717, 1.165) is 0 Å². The number of rotatable bonds is 4. The number of hydrogen-bond donors (Lipinski definition) is 1. The third-order valence-corrected chi connectivity index (χ3v) is 1.85. The van der Waals surface area contributed by atoms with Crippen LogP contribution in [0.2, 0.25) is 0 Å². The van der Waals surface area contributed by atoms with Crippen molar-refractivity contribution < 1.29 is 9.53 Å². The van der Waals surface area contributed by atoms with E-state index in [9.17, 15) is 4.79 Å². The van der Waals surface area contributed by atoms with Gasteiger partial charge in [0.25, 0.3) is 0 Å². The zero-order valence-corrected chi connectivity index (χ0v) is 9.65. The Morgan fingerprint density at radius 2 is 2.19 bits per heavy atom. The number of anilines is 1. The minimum Gasteiger partial charge on any atom is -0.464 e. The van der Waals surface area contributed by atoms with Crippen molar-refractivity contribution in [3.05, 3.63) is 29.5 Å². The van der Waals surface area contributed by atoms with E-state index in [0.29, 0.717) is 12.4 Å². The summed E-state index contributed by atoms with van der Waals surface area (Å²) in [5.41, 5.74) is 1.43. The number of hydrogen-bond acceptors (Lipinski definition) is 5. The molecule has 1 rings (SSSR count).